The van der Waals surface area contributed by atoms with Gasteiger partial charge in [0.2, 0.25) is 5.91 Å². The zero-order valence-electron chi connectivity index (χ0n) is 12.8. The van der Waals surface area contributed by atoms with E-state index in [1.54, 1.807) is 42.5 Å². The number of hydrogen-bond donors (Lipinski definition) is 2. The number of nitrogens with one attached hydrogen (secondary N) is 2. The molecule has 0 bridgehead atoms. The van der Waals surface area contributed by atoms with Crippen LogP contribution in [0.4, 0.5) is 11.4 Å². The van der Waals surface area contributed by atoms with Crippen molar-refractivity contribution in [3.05, 3.63) is 59.7 Å². The van der Waals surface area contributed by atoms with Gasteiger partial charge in [0, 0.05) is 23.4 Å². The van der Waals surface area contributed by atoms with Gasteiger partial charge in [-0.15, -0.1) is 0 Å². The van der Waals surface area contributed by atoms with E-state index in [1.165, 1.54) is 6.07 Å². The minimum Gasteiger partial charge on any atom is -0.326 e. The summed E-state index contributed by atoms with van der Waals surface area (Å²) >= 11 is 0. The molecule has 0 aliphatic rings. The van der Waals surface area contributed by atoms with E-state index in [0.717, 1.165) is 6.42 Å². The van der Waals surface area contributed by atoms with Crippen LogP contribution in [-0.2, 0) is 4.79 Å². The molecule has 2 aromatic carbocycles. The zero-order valence-corrected chi connectivity index (χ0v) is 12.8. The molecule has 0 saturated carbocycles. The van der Waals surface area contributed by atoms with Gasteiger partial charge in [-0.1, -0.05) is 19.1 Å². The van der Waals surface area contributed by atoms with Crippen molar-refractivity contribution < 1.29 is 9.59 Å². The van der Waals surface area contributed by atoms with E-state index in [9.17, 15) is 9.59 Å². The molecule has 0 saturated heterocycles. The van der Waals surface area contributed by atoms with Gasteiger partial charge in [-0.3, -0.25) is 9.59 Å². The van der Waals surface area contributed by atoms with Crippen molar-refractivity contribution >= 4 is 23.2 Å². The Hall–Kier alpha value is -3.13. The highest BCUT2D eigenvalue weighted by Gasteiger charge is 2.08. The van der Waals surface area contributed by atoms with Crippen molar-refractivity contribution in [3.63, 3.8) is 0 Å². The van der Waals surface area contributed by atoms with Gasteiger partial charge in [-0.25, -0.2) is 0 Å². The van der Waals surface area contributed by atoms with Crippen molar-refractivity contribution in [2.45, 2.75) is 19.8 Å². The Labute approximate surface area is 134 Å². The number of amides is 2. The number of nitriles is 1. The lowest BCUT2D eigenvalue weighted by Crippen LogP contribution is -2.13. The lowest BCUT2D eigenvalue weighted by Gasteiger charge is -2.09. The van der Waals surface area contributed by atoms with Crippen LogP contribution in [0.2, 0.25) is 0 Å². The Balaban J connectivity index is 2.09. The van der Waals surface area contributed by atoms with E-state index in [2.05, 4.69) is 10.6 Å². The first-order chi connectivity index (χ1) is 11.1. The molecule has 2 N–H and O–H groups in total. The fraction of sp³-hybridized carbons (Fsp3) is 0.167. The van der Waals surface area contributed by atoms with Crippen LogP contribution >= 0.6 is 0 Å². The first-order valence-corrected chi connectivity index (χ1v) is 7.34. The maximum atomic E-state index is 12.2. The third-order valence-corrected chi connectivity index (χ3v) is 3.14. The number of nitrogens with zero attached hydrogens (tertiary/aromatic N) is 1. The highest BCUT2D eigenvalue weighted by atomic mass is 16.2. The molecular weight excluding hydrogens is 290 g/mol. The Bertz CT molecular complexity index is 763. The molecule has 2 rings (SSSR count). The molecule has 5 heteroatoms. The fourth-order valence-electron chi connectivity index (χ4n) is 2.06. The Morgan fingerprint density at radius 2 is 1.74 bits per heavy atom. The minimum atomic E-state index is -0.306. The number of carbonyl (C=O) groups is 2. The molecule has 0 heterocycles. The Kier molecular flexibility index (Phi) is 5.48. The summed E-state index contributed by atoms with van der Waals surface area (Å²) in [5.41, 5.74) is 2.04. The quantitative estimate of drug-likeness (QED) is 0.886. The van der Waals surface area contributed by atoms with Crippen LogP contribution < -0.4 is 10.6 Å². The van der Waals surface area contributed by atoms with E-state index in [-0.39, 0.29) is 11.8 Å². The van der Waals surface area contributed by atoms with Crippen LogP contribution in [0.25, 0.3) is 0 Å². The summed E-state index contributed by atoms with van der Waals surface area (Å²) in [4.78, 5) is 23.8. The van der Waals surface area contributed by atoms with Gasteiger partial charge in [0.15, 0.2) is 0 Å². The predicted molar refractivity (Wildman–Crippen MR) is 89.1 cm³/mol. The highest BCUT2D eigenvalue weighted by molar-refractivity contribution is 6.04. The van der Waals surface area contributed by atoms with Gasteiger partial charge in [0.05, 0.1) is 11.6 Å². The molecule has 0 fully saturated rings. The molecule has 0 spiro atoms. The highest BCUT2D eigenvalue weighted by Crippen LogP contribution is 2.17. The standard InChI is InChI=1S/C18H17N3O2/c1-2-5-17(22)20-15-8-4-9-16(11-15)21-18(23)14-7-3-6-13(10-14)12-19/h3-4,6-11H,2,5H2,1H3,(H,20,22)(H,21,23). The molecule has 2 aromatic rings. The monoisotopic (exact) mass is 307 g/mol. The van der Waals surface area contributed by atoms with Crippen LogP contribution in [0.15, 0.2) is 48.5 Å². The minimum absolute atomic E-state index is 0.0577. The molecule has 0 aliphatic heterocycles. The Morgan fingerprint density at radius 3 is 2.43 bits per heavy atom. The summed E-state index contributed by atoms with van der Waals surface area (Å²) in [5, 5.41) is 14.4. The van der Waals surface area contributed by atoms with Gasteiger partial charge < -0.3 is 10.6 Å². The molecule has 23 heavy (non-hydrogen) atoms. The lowest BCUT2D eigenvalue weighted by atomic mass is 10.1. The van der Waals surface area contributed by atoms with E-state index in [0.29, 0.717) is 28.9 Å². The van der Waals surface area contributed by atoms with Gasteiger partial charge in [0.1, 0.15) is 0 Å². The van der Waals surface area contributed by atoms with E-state index >= 15 is 0 Å². The molecule has 0 unspecified atom stereocenters. The van der Waals surface area contributed by atoms with Crippen LogP contribution in [0, 0.1) is 11.3 Å². The van der Waals surface area contributed by atoms with Crippen LogP contribution in [0.3, 0.4) is 0 Å². The second-order valence-corrected chi connectivity index (χ2v) is 5.03. The summed E-state index contributed by atoms with van der Waals surface area (Å²) in [6.45, 7) is 1.94. The Morgan fingerprint density at radius 1 is 1.04 bits per heavy atom. The normalized spacial score (nSPS) is 9.74. The van der Waals surface area contributed by atoms with Crippen molar-refractivity contribution in [2.24, 2.45) is 0 Å². The van der Waals surface area contributed by atoms with Gasteiger partial charge in [-0.2, -0.15) is 5.26 Å². The SMILES string of the molecule is CCCC(=O)Nc1cccc(NC(=O)c2cccc(C#N)c2)c1. The van der Waals surface area contributed by atoms with E-state index in [1.807, 2.05) is 13.0 Å². The van der Waals surface area contributed by atoms with E-state index < -0.39 is 0 Å². The molecule has 2 amide bonds. The zero-order chi connectivity index (χ0) is 16.7. The molecule has 0 aliphatic carbocycles. The topological polar surface area (TPSA) is 82.0 Å². The third kappa shape index (κ3) is 4.68. The molecule has 0 atom stereocenters. The van der Waals surface area contributed by atoms with Gasteiger partial charge in [-0.05, 0) is 42.8 Å². The maximum absolute atomic E-state index is 12.2. The van der Waals surface area contributed by atoms with Crippen molar-refractivity contribution in [1.29, 1.82) is 5.26 Å². The fourth-order valence-corrected chi connectivity index (χ4v) is 2.06. The van der Waals surface area contributed by atoms with Gasteiger partial charge in [0.25, 0.3) is 5.91 Å². The van der Waals surface area contributed by atoms with Crippen molar-refractivity contribution in [3.8, 4) is 6.07 Å². The predicted octanol–water partition coefficient (Wildman–Crippen LogP) is 3.55. The van der Waals surface area contributed by atoms with Crippen molar-refractivity contribution in [1.82, 2.24) is 0 Å². The second kappa shape index (κ2) is 7.76. The molecule has 0 aromatic heterocycles. The lowest BCUT2D eigenvalue weighted by molar-refractivity contribution is -0.116. The summed E-state index contributed by atoms with van der Waals surface area (Å²) in [7, 11) is 0. The van der Waals surface area contributed by atoms with E-state index in [4.69, 9.17) is 5.26 Å². The number of rotatable bonds is 5. The first kappa shape index (κ1) is 16.2. The molecule has 0 radical (unpaired) electrons. The summed E-state index contributed by atoms with van der Waals surface area (Å²) in [6, 6.07) is 15.4. The third-order valence-electron chi connectivity index (χ3n) is 3.14. The largest absolute Gasteiger partial charge is 0.326 e. The average Bonchev–Trinajstić information content (AvgIpc) is 2.55. The van der Waals surface area contributed by atoms with Crippen LogP contribution in [-0.4, -0.2) is 11.8 Å². The number of benzene rings is 2. The summed E-state index contributed by atoms with van der Waals surface area (Å²) in [6.07, 6.45) is 1.23. The number of hydrogen-bond acceptors (Lipinski definition) is 3. The number of anilines is 2. The van der Waals surface area contributed by atoms with Gasteiger partial charge >= 0.3 is 0 Å². The van der Waals surface area contributed by atoms with Crippen LogP contribution in [0.1, 0.15) is 35.7 Å². The molecule has 5 nitrogen and oxygen atoms in total. The smallest absolute Gasteiger partial charge is 0.255 e. The molecule has 116 valence electrons. The van der Waals surface area contributed by atoms with Crippen molar-refractivity contribution in [2.75, 3.05) is 10.6 Å². The number of carbonyl (C=O) groups excluding carboxylic acids is 2. The molecular formula is C18H17N3O2. The average molecular weight is 307 g/mol. The second-order valence-electron chi connectivity index (χ2n) is 5.03. The summed E-state index contributed by atoms with van der Waals surface area (Å²) in [5.74, 6) is -0.364. The summed E-state index contributed by atoms with van der Waals surface area (Å²) < 4.78 is 0. The van der Waals surface area contributed by atoms with Crippen LogP contribution in [0.5, 0.6) is 0 Å². The first-order valence-electron chi connectivity index (χ1n) is 7.34. The maximum Gasteiger partial charge on any atom is 0.255 e.